The summed E-state index contributed by atoms with van der Waals surface area (Å²) in [6, 6.07) is 8.13. The molecule has 0 spiro atoms. The van der Waals surface area contributed by atoms with Crippen LogP contribution in [0.4, 0.5) is 0 Å². The highest BCUT2D eigenvalue weighted by atomic mass is 16.2. The Morgan fingerprint density at radius 1 is 1.41 bits per heavy atom. The van der Waals surface area contributed by atoms with Crippen molar-refractivity contribution in [1.29, 1.82) is 0 Å². The monoisotopic (exact) mass is 231 g/mol. The van der Waals surface area contributed by atoms with E-state index in [9.17, 15) is 4.79 Å². The molecule has 1 heterocycles. The van der Waals surface area contributed by atoms with E-state index in [1.165, 1.54) is 10.9 Å². The van der Waals surface area contributed by atoms with Crippen molar-refractivity contribution in [3.8, 4) is 0 Å². The minimum atomic E-state index is -0.0466. The van der Waals surface area contributed by atoms with Crippen LogP contribution in [0.5, 0.6) is 0 Å². The van der Waals surface area contributed by atoms with E-state index in [2.05, 4.69) is 11.1 Å². The van der Waals surface area contributed by atoms with Crippen LogP contribution in [0.15, 0.2) is 24.3 Å². The van der Waals surface area contributed by atoms with E-state index in [-0.39, 0.29) is 5.91 Å². The van der Waals surface area contributed by atoms with Gasteiger partial charge in [-0.3, -0.25) is 9.80 Å². The van der Waals surface area contributed by atoms with Gasteiger partial charge in [-0.15, -0.1) is 0 Å². The van der Waals surface area contributed by atoms with E-state index in [1.807, 2.05) is 25.1 Å². The maximum atomic E-state index is 11.5. The highest BCUT2D eigenvalue weighted by Gasteiger charge is 2.11. The van der Waals surface area contributed by atoms with Gasteiger partial charge >= 0.3 is 0 Å². The Kier molecular flexibility index (Phi) is 3.15. The van der Waals surface area contributed by atoms with Crippen molar-refractivity contribution in [2.75, 3.05) is 7.05 Å². The van der Waals surface area contributed by atoms with E-state index in [0.29, 0.717) is 6.42 Å². The molecule has 0 aliphatic heterocycles. The number of benzene rings is 1. The van der Waals surface area contributed by atoms with E-state index < -0.39 is 0 Å². The average molecular weight is 231 g/mol. The lowest BCUT2D eigenvalue weighted by Gasteiger charge is -2.09. The fourth-order valence-electron chi connectivity index (χ4n) is 2.07. The summed E-state index contributed by atoms with van der Waals surface area (Å²) in [5.74, 6) is 5.36. The van der Waals surface area contributed by atoms with E-state index in [0.717, 1.165) is 22.6 Å². The lowest BCUT2D eigenvalue weighted by Crippen LogP contribution is -2.33. The van der Waals surface area contributed by atoms with Crippen LogP contribution in [0.2, 0.25) is 0 Å². The predicted molar refractivity (Wildman–Crippen MR) is 68.3 cm³/mol. The lowest BCUT2D eigenvalue weighted by molar-refractivity contribution is -0.130. The van der Waals surface area contributed by atoms with E-state index >= 15 is 0 Å². The molecule has 0 saturated carbocycles. The molecule has 1 aromatic carbocycles. The lowest BCUT2D eigenvalue weighted by atomic mass is 10.1. The van der Waals surface area contributed by atoms with Crippen molar-refractivity contribution in [1.82, 2.24) is 9.99 Å². The van der Waals surface area contributed by atoms with Gasteiger partial charge in [-0.05, 0) is 25.0 Å². The van der Waals surface area contributed by atoms with Gasteiger partial charge in [-0.25, -0.2) is 5.84 Å². The minimum Gasteiger partial charge on any atom is -0.358 e. The maximum absolute atomic E-state index is 11.5. The SMILES string of the molecule is Cc1[nH]c2ccccc2c1CCC(=O)N(C)N. The summed E-state index contributed by atoms with van der Waals surface area (Å²) in [4.78, 5) is 14.8. The van der Waals surface area contributed by atoms with Gasteiger partial charge in [0, 0.05) is 30.1 Å². The Morgan fingerprint density at radius 3 is 2.82 bits per heavy atom. The number of aromatic nitrogens is 1. The van der Waals surface area contributed by atoms with Gasteiger partial charge in [0.15, 0.2) is 0 Å². The Labute approximate surface area is 100 Å². The third kappa shape index (κ3) is 2.31. The molecule has 0 saturated heterocycles. The largest absolute Gasteiger partial charge is 0.358 e. The highest BCUT2D eigenvalue weighted by molar-refractivity contribution is 5.85. The summed E-state index contributed by atoms with van der Waals surface area (Å²) in [7, 11) is 1.57. The zero-order chi connectivity index (χ0) is 12.4. The molecule has 0 atom stereocenters. The van der Waals surface area contributed by atoms with Crippen LogP contribution in [0.3, 0.4) is 0 Å². The number of aromatic amines is 1. The van der Waals surface area contributed by atoms with Gasteiger partial charge in [0.2, 0.25) is 5.91 Å². The number of carbonyl (C=O) groups excluding carboxylic acids is 1. The number of nitrogens with zero attached hydrogens (tertiary/aromatic N) is 1. The van der Waals surface area contributed by atoms with Gasteiger partial charge in [0.25, 0.3) is 0 Å². The summed E-state index contributed by atoms with van der Waals surface area (Å²) in [5.41, 5.74) is 3.45. The Hall–Kier alpha value is -1.81. The van der Waals surface area contributed by atoms with Crippen molar-refractivity contribution >= 4 is 16.8 Å². The maximum Gasteiger partial charge on any atom is 0.236 e. The molecular formula is C13H17N3O. The Balaban J connectivity index is 2.24. The molecule has 4 heteroatoms. The van der Waals surface area contributed by atoms with Gasteiger partial charge in [-0.1, -0.05) is 18.2 Å². The van der Waals surface area contributed by atoms with Crippen molar-refractivity contribution in [3.63, 3.8) is 0 Å². The second-order valence-corrected chi connectivity index (χ2v) is 4.28. The van der Waals surface area contributed by atoms with Crippen LogP contribution < -0.4 is 5.84 Å². The number of H-pyrrole nitrogens is 1. The predicted octanol–water partition coefficient (Wildman–Crippen LogP) is 1.74. The fraction of sp³-hybridized carbons (Fsp3) is 0.308. The number of amides is 1. The smallest absolute Gasteiger partial charge is 0.236 e. The zero-order valence-corrected chi connectivity index (χ0v) is 10.2. The first-order valence-corrected chi connectivity index (χ1v) is 5.67. The first-order chi connectivity index (χ1) is 8.09. The molecule has 0 aliphatic carbocycles. The van der Waals surface area contributed by atoms with Crippen LogP contribution in [0, 0.1) is 6.92 Å². The molecule has 4 nitrogen and oxygen atoms in total. The number of carbonyl (C=O) groups is 1. The zero-order valence-electron chi connectivity index (χ0n) is 10.2. The molecule has 90 valence electrons. The highest BCUT2D eigenvalue weighted by Crippen LogP contribution is 2.23. The Morgan fingerprint density at radius 2 is 2.12 bits per heavy atom. The number of nitrogens with one attached hydrogen (secondary N) is 1. The molecule has 1 aromatic heterocycles. The van der Waals surface area contributed by atoms with Crippen molar-refractivity contribution < 1.29 is 4.79 Å². The van der Waals surface area contributed by atoms with E-state index in [4.69, 9.17) is 5.84 Å². The topological polar surface area (TPSA) is 62.1 Å². The van der Waals surface area contributed by atoms with Gasteiger partial charge < -0.3 is 4.98 Å². The fourth-order valence-corrected chi connectivity index (χ4v) is 2.07. The van der Waals surface area contributed by atoms with E-state index in [1.54, 1.807) is 7.05 Å². The minimum absolute atomic E-state index is 0.0466. The Bertz CT molecular complexity index is 543. The summed E-state index contributed by atoms with van der Waals surface area (Å²) < 4.78 is 0. The first kappa shape index (κ1) is 11.7. The number of hydrogen-bond acceptors (Lipinski definition) is 2. The molecule has 0 unspecified atom stereocenters. The average Bonchev–Trinajstić information content (AvgIpc) is 2.61. The molecule has 2 aromatic rings. The van der Waals surface area contributed by atoms with Gasteiger partial charge in [0.05, 0.1) is 0 Å². The molecule has 3 N–H and O–H groups in total. The van der Waals surface area contributed by atoms with Crippen molar-refractivity contribution in [2.24, 2.45) is 5.84 Å². The molecule has 0 bridgehead atoms. The third-order valence-corrected chi connectivity index (χ3v) is 3.01. The molecule has 1 amide bonds. The summed E-state index contributed by atoms with van der Waals surface area (Å²) in [6.45, 7) is 2.03. The quantitative estimate of drug-likeness (QED) is 0.480. The summed E-state index contributed by atoms with van der Waals surface area (Å²) in [5, 5.41) is 2.34. The first-order valence-electron chi connectivity index (χ1n) is 5.67. The number of rotatable bonds is 3. The summed E-state index contributed by atoms with van der Waals surface area (Å²) in [6.07, 6.45) is 1.16. The van der Waals surface area contributed by atoms with Crippen molar-refractivity contribution in [3.05, 3.63) is 35.5 Å². The molecule has 17 heavy (non-hydrogen) atoms. The number of fused-ring (bicyclic) bond motifs is 1. The summed E-state index contributed by atoms with van der Waals surface area (Å²) >= 11 is 0. The second-order valence-electron chi connectivity index (χ2n) is 4.28. The molecule has 0 radical (unpaired) electrons. The standard InChI is InChI=1S/C13H17N3O/c1-9-10(7-8-13(17)16(2)14)11-5-3-4-6-12(11)15-9/h3-6,15H,7-8,14H2,1-2H3. The number of para-hydroxylation sites is 1. The molecule has 0 aliphatic rings. The van der Waals surface area contributed by atoms with Crippen LogP contribution in [0.1, 0.15) is 17.7 Å². The van der Waals surface area contributed by atoms with Crippen LogP contribution in [0.25, 0.3) is 10.9 Å². The number of hydrogen-bond donors (Lipinski definition) is 2. The van der Waals surface area contributed by atoms with Gasteiger partial charge in [0.1, 0.15) is 0 Å². The number of nitrogens with two attached hydrogens (primary N) is 1. The molecule has 2 rings (SSSR count). The normalized spacial score (nSPS) is 10.8. The second kappa shape index (κ2) is 4.59. The third-order valence-electron chi connectivity index (χ3n) is 3.01. The number of hydrazine groups is 1. The van der Waals surface area contributed by atoms with Crippen molar-refractivity contribution in [2.45, 2.75) is 19.8 Å². The van der Waals surface area contributed by atoms with Gasteiger partial charge in [-0.2, -0.15) is 0 Å². The van der Waals surface area contributed by atoms with Crippen LogP contribution in [-0.2, 0) is 11.2 Å². The molecule has 0 fully saturated rings. The van der Waals surface area contributed by atoms with Crippen LogP contribution in [-0.4, -0.2) is 22.9 Å². The number of aryl methyl sites for hydroxylation is 2. The molecular weight excluding hydrogens is 214 g/mol. The van der Waals surface area contributed by atoms with Crippen LogP contribution >= 0.6 is 0 Å².